The van der Waals surface area contributed by atoms with Crippen molar-refractivity contribution in [2.24, 2.45) is 17.8 Å². The van der Waals surface area contributed by atoms with E-state index in [4.69, 9.17) is 10.5 Å². The maximum atomic E-state index is 14.2. The van der Waals surface area contributed by atoms with Gasteiger partial charge in [-0.3, -0.25) is 24.1 Å². The summed E-state index contributed by atoms with van der Waals surface area (Å²) in [6.45, 7) is 15.2. The van der Waals surface area contributed by atoms with Crippen molar-refractivity contribution in [1.29, 1.82) is 0 Å². The summed E-state index contributed by atoms with van der Waals surface area (Å²) in [7, 11) is 3.96. The zero-order chi connectivity index (χ0) is 38.0. The number of nitrogens with zero attached hydrogens (tertiary/aromatic N) is 3. The van der Waals surface area contributed by atoms with Crippen molar-refractivity contribution in [3.05, 3.63) is 45.9 Å². The number of aliphatic carboxylic acids is 1. The van der Waals surface area contributed by atoms with Crippen LogP contribution in [0.2, 0.25) is 0 Å². The molecule has 0 aliphatic carbocycles. The van der Waals surface area contributed by atoms with E-state index in [2.05, 4.69) is 48.3 Å². The van der Waals surface area contributed by atoms with Gasteiger partial charge in [0.25, 0.3) is 5.91 Å². The van der Waals surface area contributed by atoms with Crippen molar-refractivity contribution < 1.29 is 29.0 Å². The highest BCUT2D eigenvalue weighted by atomic mass is 32.1. The summed E-state index contributed by atoms with van der Waals surface area (Å²) in [6.07, 6.45) is 3.20. The number of carbonyl (C=O) groups is 4. The second-order valence-corrected chi connectivity index (χ2v) is 15.9. The van der Waals surface area contributed by atoms with Crippen LogP contribution in [0.5, 0.6) is 0 Å². The number of esters is 1. The Hall–Kier alpha value is -3.55. The second-order valence-electron chi connectivity index (χ2n) is 15.0. The molecular weight excluding hydrogens is 669 g/mol. The van der Waals surface area contributed by atoms with Crippen molar-refractivity contribution in [2.45, 2.75) is 117 Å². The Morgan fingerprint density at radius 1 is 1.14 bits per heavy atom. The van der Waals surface area contributed by atoms with E-state index in [9.17, 15) is 24.3 Å². The molecule has 1 aromatic carbocycles. The quantitative estimate of drug-likeness (QED) is 0.112. The monoisotopic (exact) mass is 728 g/mol. The number of hydrogen-bond acceptors (Lipinski definition) is 10. The third-order valence-corrected chi connectivity index (χ3v) is 11.5. The van der Waals surface area contributed by atoms with Gasteiger partial charge in [-0.2, -0.15) is 0 Å². The minimum atomic E-state index is -0.947. The predicted octanol–water partition coefficient (Wildman–Crippen LogP) is 5.14. The van der Waals surface area contributed by atoms with Gasteiger partial charge in [0.05, 0.1) is 12.0 Å². The van der Waals surface area contributed by atoms with Crippen molar-refractivity contribution in [3.8, 4) is 0 Å². The molecular formula is C38H60N6O6S. The highest BCUT2D eigenvalue weighted by Gasteiger charge is 2.38. The molecule has 1 aromatic heterocycles. The van der Waals surface area contributed by atoms with E-state index in [-0.39, 0.29) is 47.5 Å². The minimum Gasteiger partial charge on any atom is -0.481 e. The lowest BCUT2D eigenvalue weighted by Crippen LogP contribution is -2.57. The summed E-state index contributed by atoms with van der Waals surface area (Å²) in [5, 5.41) is 18.2. The van der Waals surface area contributed by atoms with Crippen LogP contribution in [0.3, 0.4) is 0 Å². The van der Waals surface area contributed by atoms with Crippen LogP contribution in [-0.2, 0) is 25.5 Å². The van der Waals surface area contributed by atoms with Crippen LogP contribution in [0, 0.1) is 17.8 Å². The van der Waals surface area contributed by atoms with Gasteiger partial charge < -0.3 is 31.1 Å². The number of anilines is 1. The Bertz CT molecular complexity index is 1470. The predicted molar refractivity (Wildman–Crippen MR) is 201 cm³/mol. The number of benzene rings is 1. The van der Waals surface area contributed by atoms with Gasteiger partial charge in [-0.05, 0) is 75.7 Å². The molecule has 0 unspecified atom stereocenters. The number of carboxylic acid groups (broad SMARTS) is 1. The standard InChI is InChI=1S/C38H60N6O6S/c1-10-24(4)33(40-22-38(7)16-11-17-43(38)8)36(47)44(9)31(23(2)3)20-32(50-26(6)45)35-42-30(21-51-35)34(46)41-29(18-25(5)37(48)49)19-27-12-14-28(39)15-13-27/h12-15,21,23-25,29,31-33,40H,10-11,16-20,22,39H2,1-9H3,(H,41,46)(H,48,49)/t24-,25-,29+,31+,32+,33-,38+/m0/s1. The smallest absolute Gasteiger partial charge is 0.306 e. The molecule has 5 N–H and O–H groups in total. The number of likely N-dealkylation sites (tertiary alicyclic amines) is 1. The van der Waals surface area contributed by atoms with Gasteiger partial charge in [0.15, 0.2) is 6.10 Å². The molecule has 12 nitrogen and oxygen atoms in total. The van der Waals surface area contributed by atoms with Crippen molar-refractivity contribution in [2.75, 3.05) is 32.9 Å². The molecule has 1 saturated heterocycles. The molecule has 1 aliphatic heterocycles. The number of likely N-dealkylation sites (N-methyl/N-ethyl adjacent to an activating group) is 2. The summed E-state index contributed by atoms with van der Waals surface area (Å²) in [6, 6.07) is 6.10. The molecule has 0 radical (unpaired) electrons. The number of thiazole rings is 1. The molecule has 2 aromatic rings. The number of carbonyl (C=O) groups excluding carboxylic acids is 3. The molecule has 3 rings (SSSR count). The highest BCUT2D eigenvalue weighted by molar-refractivity contribution is 7.09. The van der Waals surface area contributed by atoms with Crippen molar-refractivity contribution in [3.63, 3.8) is 0 Å². The zero-order valence-corrected chi connectivity index (χ0v) is 32.7. The SMILES string of the molecule is CC[C@H](C)[C@H](NC[C@@]1(C)CCCN1C)C(=O)N(C)[C@H](C[C@@H](OC(C)=O)c1nc(C(=O)N[C@@H](Cc2ccc(N)cc2)C[C@H](C)C(=O)O)cs1)C(C)C. The fourth-order valence-corrected chi connectivity index (χ4v) is 7.66. The number of nitrogens with one attached hydrogen (secondary N) is 2. The molecule has 2 amide bonds. The number of amides is 2. The summed E-state index contributed by atoms with van der Waals surface area (Å²) in [4.78, 5) is 60.5. The number of ether oxygens (including phenoxy) is 1. The van der Waals surface area contributed by atoms with Crippen LogP contribution in [0.4, 0.5) is 5.69 Å². The Balaban J connectivity index is 1.80. The average molecular weight is 729 g/mol. The number of aromatic nitrogens is 1. The van der Waals surface area contributed by atoms with Crippen LogP contribution >= 0.6 is 11.3 Å². The number of rotatable bonds is 19. The molecule has 0 saturated carbocycles. The van der Waals surface area contributed by atoms with E-state index in [0.717, 1.165) is 31.4 Å². The molecule has 2 heterocycles. The number of nitrogen functional groups attached to an aromatic ring is 1. The van der Waals surface area contributed by atoms with Gasteiger partial charge in [0.2, 0.25) is 5.91 Å². The maximum absolute atomic E-state index is 14.2. The van der Waals surface area contributed by atoms with Gasteiger partial charge in [-0.1, -0.05) is 53.2 Å². The molecule has 1 aliphatic rings. The first-order valence-electron chi connectivity index (χ1n) is 18.2. The number of carboxylic acids is 1. The first-order valence-corrected chi connectivity index (χ1v) is 19.1. The lowest BCUT2D eigenvalue weighted by molar-refractivity contribution is -0.149. The van der Waals surface area contributed by atoms with E-state index >= 15 is 0 Å². The summed E-state index contributed by atoms with van der Waals surface area (Å²) in [5.74, 6) is -2.44. The minimum absolute atomic E-state index is 0.00388. The lowest BCUT2D eigenvalue weighted by atomic mass is 9.92. The summed E-state index contributed by atoms with van der Waals surface area (Å²) in [5.41, 5.74) is 7.49. The van der Waals surface area contributed by atoms with Crippen molar-refractivity contribution >= 4 is 40.8 Å². The van der Waals surface area contributed by atoms with Gasteiger partial charge >= 0.3 is 11.9 Å². The van der Waals surface area contributed by atoms with Crippen LogP contribution < -0.4 is 16.4 Å². The average Bonchev–Trinajstić information content (AvgIpc) is 3.70. The Morgan fingerprint density at radius 3 is 2.35 bits per heavy atom. The van der Waals surface area contributed by atoms with Crippen LogP contribution in [0.15, 0.2) is 29.6 Å². The third kappa shape index (κ3) is 11.7. The Labute approximate surface area is 307 Å². The fourth-order valence-electron chi connectivity index (χ4n) is 6.82. The van der Waals surface area contributed by atoms with Crippen LogP contribution in [0.1, 0.15) is 108 Å². The molecule has 7 atom stereocenters. The van der Waals surface area contributed by atoms with Gasteiger partial charge in [-0.25, -0.2) is 4.98 Å². The van der Waals surface area contributed by atoms with Gasteiger partial charge in [-0.15, -0.1) is 11.3 Å². The number of hydrogen-bond donors (Lipinski definition) is 4. The van der Waals surface area contributed by atoms with Gasteiger partial charge in [0.1, 0.15) is 10.7 Å². The zero-order valence-electron chi connectivity index (χ0n) is 31.9. The van der Waals surface area contributed by atoms with E-state index < -0.39 is 35.9 Å². The molecule has 0 spiro atoms. The topological polar surface area (TPSA) is 167 Å². The Morgan fingerprint density at radius 2 is 1.80 bits per heavy atom. The molecule has 51 heavy (non-hydrogen) atoms. The normalized spacial score (nSPS) is 19.9. The first kappa shape index (κ1) is 41.9. The fraction of sp³-hybridized carbons (Fsp3) is 0.658. The molecule has 1 fully saturated rings. The van der Waals surface area contributed by atoms with E-state index in [1.54, 1.807) is 29.3 Å². The van der Waals surface area contributed by atoms with E-state index in [1.165, 1.54) is 18.3 Å². The molecule has 284 valence electrons. The number of nitrogens with two attached hydrogens (primary N) is 1. The largest absolute Gasteiger partial charge is 0.481 e. The summed E-state index contributed by atoms with van der Waals surface area (Å²) >= 11 is 1.21. The van der Waals surface area contributed by atoms with Crippen molar-refractivity contribution in [1.82, 2.24) is 25.4 Å². The van der Waals surface area contributed by atoms with E-state index in [0.29, 0.717) is 30.1 Å². The van der Waals surface area contributed by atoms with E-state index in [1.807, 2.05) is 33.0 Å². The third-order valence-electron chi connectivity index (χ3n) is 10.6. The lowest BCUT2D eigenvalue weighted by Gasteiger charge is -2.39. The first-order chi connectivity index (χ1) is 23.9. The molecule has 13 heteroatoms. The Kier molecular flexibility index (Phi) is 15.4. The van der Waals surface area contributed by atoms with Crippen LogP contribution in [-0.4, -0.2) is 94.5 Å². The van der Waals surface area contributed by atoms with Gasteiger partial charge in [0, 0.05) is 55.6 Å². The molecule has 0 bridgehead atoms. The summed E-state index contributed by atoms with van der Waals surface area (Å²) < 4.78 is 5.80. The van der Waals surface area contributed by atoms with Crippen LogP contribution in [0.25, 0.3) is 0 Å². The highest BCUT2D eigenvalue weighted by Crippen LogP contribution is 2.32. The maximum Gasteiger partial charge on any atom is 0.306 e. The second kappa shape index (κ2) is 18.8.